The number of ether oxygens (including phenoxy) is 1. The number of pyridine rings is 1. The van der Waals surface area contributed by atoms with Crippen LogP contribution in [0.5, 0.6) is 0 Å². The van der Waals surface area contributed by atoms with Gasteiger partial charge in [0.05, 0.1) is 30.5 Å². The average molecular weight is 291 g/mol. The SMILES string of the molecule is CCCNc1cc(C)ncc1C(=O)N1CCOCC1CC. The summed E-state index contributed by atoms with van der Waals surface area (Å²) < 4.78 is 5.48. The summed E-state index contributed by atoms with van der Waals surface area (Å²) in [6.07, 6.45) is 3.62. The fourth-order valence-corrected chi connectivity index (χ4v) is 2.55. The monoisotopic (exact) mass is 291 g/mol. The summed E-state index contributed by atoms with van der Waals surface area (Å²) in [5.41, 5.74) is 2.46. The number of aryl methyl sites for hydroxylation is 1. The number of nitrogens with zero attached hydrogens (tertiary/aromatic N) is 2. The molecule has 0 aromatic carbocycles. The second-order valence-corrected chi connectivity index (χ2v) is 5.43. The maximum atomic E-state index is 12.9. The van der Waals surface area contributed by atoms with Gasteiger partial charge < -0.3 is 15.0 Å². The van der Waals surface area contributed by atoms with Crippen molar-refractivity contribution in [2.24, 2.45) is 0 Å². The standard InChI is InChI=1S/C16H25N3O2/c1-4-6-17-15-9-12(3)18-10-14(15)16(20)19-7-8-21-11-13(19)5-2/h9-10,13H,4-8,11H2,1-3H3,(H,17,18). The minimum absolute atomic E-state index is 0.0521. The third-order valence-electron chi connectivity index (χ3n) is 3.80. The van der Waals surface area contributed by atoms with E-state index in [4.69, 9.17) is 4.74 Å². The summed E-state index contributed by atoms with van der Waals surface area (Å²) in [5.74, 6) is 0.0521. The van der Waals surface area contributed by atoms with Crippen molar-refractivity contribution in [1.82, 2.24) is 9.88 Å². The minimum atomic E-state index is 0.0521. The van der Waals surface area contributed by atoms with Crippen molar-refractivity contribution in [3.63, 3.8) is 0 Å². The lowest BCUT2D eigenvalue weighted by Crippen LogP contribution is -2.48. The van der Waals surface area contributed by atoms with Crippen LogP contribution in [-0.4, -0.2) is 48.1 Å². The van der Waals surface area contributed by atoms with Gasteiger partial charge in [-0.25, -0.2) is 0 Å². The third-order valence-corrected chi connectivity index (χ3v) is 3.80. The van der Waals surface area contributed by atoms with Gasteiger partial charge in [-0.2, -0.15) is 0 Å². The van der Waals surface area contributed by atoms with E-state index in [0.717, 1.165) is 30.8 Å². The first-order valence-corrected chi connectivity index (χ1v) is 7.76. The van der Waals surface area contributed by atoms with Crippen LogP contribution in [-0.2, 0) is 4.74 Å². The molecule has 0 saturated carbocycles. The van der Waals surface area contributed by atoms with Gasteiger partial charge in [-0.05, 0) is 25.8 Å². The molecular formula is C16H25N3O2. The van der Waals surface area contributed by atoms with Crippen LogP contribution in [0.25, 0.3) is 0 Å². The van der Waals surface area contributed by atoms with E-state index >= 15 is 0 Å². The van der Waals surface area contributed by atoms with Gasteiger partial charge in [0.25, 0.3) is 5.91 Å². The number of amides is 1. The van der Waals surface area contributed by atoms with Crippen LogP contribution in [0.4, 0.5) is 5.69 Å². The van der Waals surface area contributed by atoms with E-state index in [2.05, 4.69) is 24.1 Å². The molecule has 0 bridgehead atoms. The Labute approximate surface area is 126 Å². The molecule has 1 aliphatic heterocycles. The van der Waals surface area contributed by atoms with Crippen LogP contribution < -0.4 is 5.32 Å². The Balaban J connectivity index is 2.24. The van der Waals surface area contributed by atoms with Crippen molar-refractivity contribution >= 4 is 11.6 Å². The highest BCUT2D eigenvalue weighted by atomic mass is 16.5. The summed E-state index contributed by atoms with van der Waals surface area (Å²) in [4.78, 5) is 19.1. The first-order valence-electron chi connectivity index (χ1n) is 7.76. The number of morpholine rings is 1. The molecule has 21 heavy (non-hydrogen) atoms. The molecule has 0 aliphatic carbocycles. The lowest BCUT2D eigenvalue weighted by Gasteiger charge is -2.35. The summed E-state index contributed by atoms with van der Waals surface area (Å²) >= 11 is 0. The zero-order valence-corrected chi connectivity index (χ0v) is 13.2. The van der Waals surface area contributed by atoms with E-state index in [1.165, 1.54) is 0 Å². The van der Waals surface area contributed by atoms with Gasteiger partial charge >= 0.3 is 0 Å². The van der Waals surface area contributed by atoms with Crippen molar-refractivity contribution in [2.75, 3.05) is 31.6 Å². The van der Waals surface area contributed by atoms with Gasteiger partial charge in [0.15, 0.2) is 0 Å². The van der Waals surface area contributed by atoms with Crippen LogP contribution in [0, 0.1) is 6.92 Å². The topological polar surface area (TPSA) is 54.5 Å². The Morgan fingerprint density at radius 3 is 3.05 bits per heavy atom. The Bertz CT molecular complexity index is 490. The molecule has 1 unspecified atom stereocenters. The smallest absolute Gasteiger partial charge is 0.257 e. The predicted octanol–water partition coefficient (Wildman–Crippen LogP) is 2.46. The largest absolute Gasteiger partial charge is 0.384 e. The number of carbonyl (C=O) groups excluding carboxylic acids is 1. The number of hydrogen-bond donors (Lipinski definition) is 1. The lowest BCUT2D eigenvalue weighted by molar-refractivity contribution is -0.00277. The summed E-state index contributed by atoms with van der Waals surface area (Å²) in [6.45, 7) is 8.87. The van der Waals surface area contributed by atoms with E-state index < -0.39 is 0 Å². The quantitative estimate of drug-likeness (QED) is 0.905. The molecular weight excluding hydrogens is 266 g/mol. The Hall–Kier alpha value is -1.62. The van der Waals surface area contributed by atoms with E-state index in [1.54, 1.807) is 6.20 Å². The fraction of sp³-hybridized carbons (Fsp3) is 0.625. The van der Waals surface area contributed by atoms with Gasteiger partial charge in [0.2, 0.25) is 0 Å². The Morgan fingerprint density at radius 1 is 1.52 bits per heavy atom. The number of rotatable bonds is 5. The average Bonchev–Trinajstić information content (AvgIpc) is 2.52. The number of carbonyl (C=O) groups is 1. The lowest BCUT2D eigenvalue weighted by atomic mass is 10.1. The molecule has 1 aliphatic rings. The van der Waals surface area contributed by atoms with Crippen molar-refractivity contribution in [2.45, 2.75) is 39.7 Å². The third kappa shape index (κ3) is 3.73. The fourth-order valence-electron chi connectivity index (χ4n) is 2.55. The van der Waals surface area contributed by atoms with E-state index in [-0.39, 0.29) is 11.9 Å². The van der Waals surface area contributed by atoms with Crippen molar-refractivity contribution in [3.8, 4) is 0 Å². The minimum Gasteiger partial charge on any atom is -0.384 e. The molecule has 1 aromatic rings. The Kier molecular flexibility index (Phi) is 5.56. The second kappa shape index (κ2) is 7.41. The zero-order chi connectivity index (χ0) is 15.2. The number of nitrogens with one attached hydrogen (secondary N) is 1. The molecule has 1 saturated heterocycles. The second-order valence-electron chi connectivity index (χ2n) is 5.43. The van der Waals surface area contributed by atoms with Crippen molar-refractivity contribution < 1.29 is 9.53 Å². The Morgan fingerprint density at radius 2 is 2.33 bits per heavy atom. The molecule has 1 fully saturated rings. The number of aromatic nitrogens is 1. The maximum absolute atomic E-state index is 12.9. The molecule has 1 atom stereocenters. The van der Waals surface area contributed by atoms with E-state index in [1.807, 2.05) is 17.9 Å². The molecule has 0 spiro atoms. The molecule has 5 heteroatoms. The highest BCUT2D eigenvalue weighted by Crippen LogP contribution is 2.21. The normalized spacial score (nSPS) is 18.6. The first-order chi connectivity index (χ1) is 10.2. The van der Waals surface area contributed by atoms with Gasteiger partial charge in [-0.15, -0.1) is 0 Å². The van der Waals surface area contributed by atoms with E-state index in [0.29, 0.717) is 25.3 Å². The maximum Gasteiger partial charge on any atom is 0.257 e. The van der Waals surface area contributed by atoms with Gasteiger partial charge in [-0.3, -0.25) is 9.78 Å². The molecule has 2 heterocycles. The summed E-state index contributed by atoms with van der Waals surface area (Å²) in [5, 5.41) is 3.34. The number of anilines is 1. The predicted molar refractivity (Wildman–Crippen MR) is 83.7 cm³/mol. The summed E-state index contributed by atoms with van der Waals surface area (Å²) in [6, 6.07) is 2.11. The highest BCUT2D eigenvalue weighted by molar-refractivity contribution is 5.99. The molecule has 116 valence electrons. The van der Waals surface area contributed by atoms with Crippen LogP contribution in [0.2, 0.25) is 0 Å². The number of hydrogen-bond acceptors (Lipinski definition) is 4. The van der Waals surface area contributed by atoms with Crippen LogP contribution in [0.1, 0.15) is 42.7 Å². The molecule has 5 nitrogen and oxygen atoms in total. The summed E-state index contributed by atoms with van der Waals surface area (Å²) in [7, 11) is 0. The van der Waals surface area contributed by atoms with Crippen LogP contribution in [0.15, 0.2) is 12.3 Å². The van der Waals surface area contributed by atoms with Gasteiger partial charge in [0, 0.05) is 25.0 Å². The first kappa shape index (κ1) is 15.8. The molecule has 1 aromatic heterocycles. The van der Waals surface area contributed by atoms with Crippen LogP contribution >= 0.6 is 0 Å². The zero-order valence-electron chi connectivity index (χ0n) is 13.2. The highest BCUT2D eigenvalue weighted by Gasteiger charge is 2.28. The van der Waals surface area contributed by atoms with Crippen molar-refractivity contribution in [1.29, 1.82) is 0 Å². The van der Waals surface area contributed by atoms with E-state index in [9.17, 15) is 4.79 Å². The van der Waals surface area contributed by atoms with Crippen molar-refractivity contribution in [3.05, 3.63) is 23.5 Å². The molecule has 1 N–H and O–H groups in total. The molecule has 0 radical (unpaired) electrons. The molecule has 1 amide bonds. The van der Waals surface area contributed by atoms with Gasteiger partial charge in [0.1, 0.15) is 0 Å². The van der Waals surface area contributed by atoms with Gasteiger partial charge in [-0.1, -0.05) is 13.8 Å². The van der Waals surface area contributed by atoms with Crippen LogP contribution in [0.3, 0.4) is 0 Å². The molecule has 2 rings (SSSR count).